The minimum absolute atomic E-state index is 0. The molecule has 0 aliphatic heterocycles. The van der Waals surface area contributed by atoms with Crippen LogP contribution in [0, 0.1) is 0 Å². The number of aliphatic hydroxyl groups excluding tert-OH is 1. The summed E-state index contributed by atoms with van der Waals surface area (Å²) in [5.41, 5.74) is 0.277. The van der Waals surface area contributed by atoms with Gasteiger partial charge in [-0.15, -0.1) is 12.4 Å². The topological polar surface area (TPSA) is 23.5 Å². The number of nitrogens with zero attached hydrogens (tertiary/aromatic N) is 1. The average molecular weight is 334 g/mol. The Balaban J connectivity index is 0.00000441. The van der Waals surface area contributed by atoms with Gasteiger partial charge in [0, 0.05) is 5.54 Å². The molecule has 3 heteroatoms. The van der Waals surface area contributed by atoms with E-state index in [1.165, 1.54) is 77.0 Å². The molecule has 0 aromatic heterocycles. The number of hydrogen-bond donors (Lipinski definition) is 1. The first-order valence-corrected chi connectivity index (χ1v) is 9.46. The first-order valence-electron chi connectivity index (χ1n) is 9.46. The lowest BCUT2D eigenvalue weighted by Crippen LogP contribution is -2.48. The van der Waals surface area contributed by atoms with Crippen LogP contribution in [-0.4, -0.2) is 35.7 Å². The fraction of sp³-hybridized carbons (Fsp3) is 1.00. The summed E-state index contributed by atoms with van der Waals surface area (Å²) in [5.74, 6) is 0. The second kappa shape index (κ2) is 12.6. The van der Waals surface area contributed by atoms with E-state index in [1.807, 2.05) is 0 Å². The molecule has 0 bridgehead atoms. The van der Waals surface area contributed by atoms with Gasteiger partial charge >= 0.3 is 0 Å². The SMILES string of the molecule is CCCCCCCCCC(O)CC1(N(C)C)CCCCC1.Cl. The normalized spacial score (nSPS) is 19.0. The number of halogens is 1. The van der Waals surface area contributed by atoms with Gasteiger partial charge in [0.05, 0.1) is 6.10 Å². The van der Waals surface area contributed by atoms with Crippen molar-refractivity contribution in [3.8, 4) is 0 Å². The van der Waals surface area contributed by atoms with Crippen LogP contribution in [0.1, 0.15) is 96.8 Å². The van der Waals surface area contributed by atoms with Crippen molar-refractivity contribution in [1.29, 1.82) is 0 Å². The van der Waals surface area contributed by atoms with E-state index in [4.69, 9.17) is 0 Å². The van der Waals surface area contributed by atoms with Crippen molar-refractivity contribution in [3.05, 3.63) is 0 Å². The Morgan fingerprint density at radius 2 is 1.45 bits per heavy atom. The molecule has 0 spiro atoms. The molecule has 1 saturated carbocycles. The zero-order chi connectivity index (χ0) is 15.6. The molecule has 0 aromatic rings. The number of rotatable bonds is 11. The maximum absolute atomic E-state index is 10.4. The van der Waals surface area contributed by atoms with E-state index in [1.54, 1.807) is 0 Å². The van der Waals surface area contributed by atoms with Crippen LogP contribution in [0.15, 0.2) is 0 Å². The second-order valence-corrected chi connectivity index (χ2v) is 7.45. The van der Waals surface area contributed by atoms with Crippen LogP contribution < -0.4 is 0 Å². The summed E-state index contributed by atoms with van der Waals surface area (Å²) in [6.07, 6.45) is 17.8. The van der Waals surface area contributed by atoms with Gasteiger partial charge in [-0.1, -0.05) is 71.1 Å². The Morgan fingerprint density at radius 1 is 0.909 bits per heavy atom. The smallest absolute Gasteiger partial charge is 0.0557 e. The van der Waals surface area contributed by atoms with E-state index in [0.29, 0.717) is 0 Å². The molecule has 1 fully saturated rings. The Morgan fingerprint density at radius 3 is 2.00 bits per heavy atom. The molecule has 1 rings (SSSR count). The predicted molar refractivity (Wildman–Crippen MR) is 100.0 cm³/mol. The summed E-state index contributed by atoms with van der Waals surface area (Å²) in [6, 6.07) is 0. The van der Waals surface area contributed by atoms with Crippen LogP contribution in [0.2, 0.25) is 0 Å². The Labute approximate surface area is 145 Å². The van der Waals surface area contributed by atoms with E-state index in [-0.39, 0.29) is 24.0 Å². The molecule has 22 heavy (non-hydrogen) atoms. The van der Waals surface area contributed by atoms with E-state index in [9.17, 15) is 5.11 Å². The molecule has 1 N–H and O–H groups in total. The third-order valence-corrected chi connectivity index (χ3v) is 5.49. The monoisotopic (exact) mass is 333 g/mol. The molecule has 134 valence electrons. The van der Waals surface area contributed by atoms with Gasteiger partial charge in [-0.25, -0.2) is 0 Å². The van der Waals surface area contributed by atoms with Crippen molar-refractivity contribution >= 4 is 12.4 Å². The van der Waals surface area contributed by atoms with Gasteiger partial charge in [0.2, 0.25) is 0 Å². The Hall–Kier alpha value is 0.210. The van der Waals surface area contributed by atoms with Crippen LogP contribution in [0.25, 0.3) is 0 Å². The molecule has 1 unspecified atom stereocenters. The largest absolute Gasteiger partial charge is 0.393 e. The van der Waals surface area contributed by atoms with Crippen molar-refractivity contribution in [1.82, 2.24) is 4.90 Å². The summed E-state index contributed by atoms with van der Waals surface area (Å²) >= 11 is 0. The fourth-order valence-electron chi connectivity index (χ4n) is 3.92. The van der Waals surface area contributed by atoms with E-state index in [2.05, 4.69) is 25.9 Å². The summed E-state index contributed by atoms with van der Waals surface area (Å²) in [7, 11) is 4.40. The van der Waals surface area contributed by atoms with Gasteiger partial charge in [-0.2, -0.15) is 0 Å². The lowest BCUT2D eigenvalue weighted by Gasteiger charge is -2.44. The second-order valence-electron chi connectivity index (χ2n) is 7.45. The Bertz CT molecular complexity index is 252. The highest BCUT2D eigenvalue weighted by atomic mass is 35.5. The third kappa shape index (κ3) is 8.17. The first-order chi connectivity index (χ1) is 10.1. The number of hydrogen-bond acceptors (Lipinski definition) is 2. The first kappa shape index (κ1) is 22.2. The summed E-state index contributed by atoms with van der Waals surface area (Å²) < 4.78 is 0. The molecule has 0 heterocycles. The van der Waals surface area contributed by atoms with Gasteiger partial charge in [0.1, 0.15) is 0 Å². The van der Waals surface area contributed by atoms with Crippen LogP contribution in [0.3, 0.4) is 0 Å². The van der Waals surface area contributed by atoms with Crippen LogP contribution >= 0.6 is 12.4 Å². The van der Waals surface area contributed by atoms with Crippen molar-refractivity contribution < 1.29 is 5.11 Å². The van der Waals surface area contributed by atoms with Crippen LogP contribution in [-0.2, 0) is 0 Å². The summed E-state index contributed by atoms with van der Waals surface area (Å²) in [4.78, 5) is 2.39. The molecule has 0 amide bonds. The molecule has 1 atom stereocenters. The molecule has 0 aromatic carbocycles. The highest BCUT2D eigenvalue weighted by Crippen LogP contribution is 2.36. The van der Waals surface area contributed by atoms with Gasteiger partial charge in [-0.3, -0.25) is 0 Å². The lowest BCUT2D eigenvalue weighted by atomic mass is 9.76. The van der Waals surface area contributed by atoms with Gasteiger partial charge in [0.25, 0.3) is 0 Å². The standard InChI is InChI=1S/C19H39NO.ClH/c1-4-5-6-7-8-9-11-14-18(21)17-19(20(2)3)15-12-10-13-16-19;/h18,21H,4-17H2,1-3H3;1H. The number of unbranched alkanes of at least 4 members (excludes halogenated alkanes) is 6. The van der Waals surface area contributed by atoms with Gasteiger partial charge < -0.3 is 10.0 Å². The van der Waals surface area contributed by atoms with Crippen molar-refractivity contribution in [2.75, 3.05) is 14.1 Å². The average Bonchev–Trinajstić information content (AvgIpc) is 2.47. The molecule has 0 radical (unpaired) electrons. The van der Waals surface area contributed by atoms with Crippen LogP contribution in [0.4, 0.5) is 0 Å². The quantitative estimate of drug-likeness (QED) is 0.500. The molecule has 2 nitrogen and oxygen atoms in total. The minimum Gasteiger partial charge on any atom is -0.393 e. The van der Waals surface area contributed by atoms with Crippen LogP contribution in [0.5, 0.6) is 0 Å². The summed E-state index contributed by atoms with van der Waals surface area (Å²) in [6.45, 7) is 2.27. The van der Waals surface area contributed by atoms with E-state index < -0.39 is 0 Å². The van der Waals surface area contributed by atoms with Crippen molar-refractivity contribution in [2.24, 2.45) is 0 Å². The van der Waals surface area contributed by atoms with Gasteiger partial charge in [0.15, 0.2) is 0 Å². The zero-order valence-electron chi connectivity index (χ0n) is 15.3. The van der Waals surface area contributed by atoms with Gasteiger partial charge in [-0.05, 0) is 39.8 Å². The summed E-state index contributed by atoms with van der Waals surface area (Å²) in [5, 5.41) is 10.4. The van der Waals surface area contributed by atoms with E-state index >= 15 is 0 Å². The minimum atomic E-state index is -0.0962. The third-order valence-electron chi connectivity index (χ3n) is 5.49. The predicted octanol–water partition coefficient (Wildman–Crippen LogP) is 5.56. The molecular weight excluding hydrogens is 294 g/mol. The molecular formula is C19H40ClNO. The van der Waals surface area contributed by atoms with Crippen molar-refractivity contribution in [2.45, 2.75) is 108 Å². The molecule has 1 aliphatic rings. The molecule has 1 aliphatic carbocycles. The number of aliphatic hydroxyl groups is 1. The van der Waals surface area contributed by atoms with E-state index in [0.717, 1.165) is 12.8 Å². The molecule has 0 saturated heterocycles. The maximum atomic E-state index is 10.4. The highest BCUT2D eigenvalue weighted by molar-refractivity contribution is 5.85. The maximum Gasteiger partial charge on any atom is 0.0557 e. The fourth-order valence-corrected chi connectivity index (χ4v) is 3.92. The lowest BCUT2D eigenvalue weighted by molar-refractivity contribution is 0.0290. The van der Waals surface area contributed by atoms with Crippen molar-refractivity contribution in [3.63, 3.8) is 0 Å². The Kier molecular flexibility index (Phi) is 12.7. The highest BCUT2D eigenvalue weighted by Gasteiger charge is 2.35. The zero-order valence-corrected chi connectivity index (χ0v) is 16.1.